The predicted molar refractivity (Wildman–Crippen MR) is 88.6 cm³/mol. The Balaban J connectivity index is 2.04. The molecule has 0 aromatic heterocycles. The normalized spacial score (nSPS) is 10.5. The number of phenolic OH excluding ortho intramolecular Hbond substituents is 1. The SMILES string of the molecule is COC(=O)c1ccc(NC(=O)/C=C/c2ccc(Cl)cc2)cc1O. The van der Waals surface area contributed by atoms with Crippen molar-refractivity contribution in [3.05, 3.63) is 64.7 Å². The van der Waals surface area contributed by atoms with Crippen LogP contribution in [0.3, 0.4) is 0 Å². The molecule has 0 heterocycles. The Labute approximate surface area is 138 Å². The van der Waals surface area contributed by atoms with Gasteiger partial charge < -0.3 is 15.2 Å². The maximum atomic E-state index is 11.8. The van der Waals surface area contributed by atoms with Gasteiger partial charge in [-0.25, -0.2) is 4.79 Å². The molecule has 23 heavy (non-hydrogen) atoms. The fourth-order valence-corrected chi connectivity index (χ4v) is 1.95. The predicted octanol–water partition coefficient (Wildman–Crippen LogP) is 3.48. The van der Waals surface area contributed by atoms with E-state index >= 15 is 0 Å². The molecule has 0 atom stereocenters. The van der Waals surface area contributed by atoms with E-state index in [4.69, 9.17) is 11.6 Å². The molecule has 0 saturated carbocycles. The summed E-state index contributed by atoms with van der Waals surface area (Å²) >= 11 is 5.78. The molecule has 0 aliphatic carbocycles. The maximum absolute atomic E-state index is 11.8. The van der Waals surface area contributed by atoms with Crippen LogP contribution in [-0.4, -0.2) is 24.1 Å². The van der Waals surface area contributed by atoms with Crippen LogP contribution in [0.4, 0.5) is 5.69 Å². The lowest BCUT2D eigenvalue weighted by Gasteiger charge is -2.06. The van der Waals surface area contributed by atoms with E-state index < -0.39 is 5.97 Å². The Bertz CT molecular complexity index is 754. The number of amides is 1. The molecule has 1 amide bonds. The van der Waals surface area contributed by atoms with Crippen molar-refractivity contribution in [3.8, 4) is 5.75 Å². The van der Waals surface area contributed by atoms with Crippen molar-refractivity contribution in [2.24, 2.45) is 0 Å². The van der Waals surface area contributed by atoms with Gasteiger partial charge in [0.05, 0.1) is 7.11 Å². The Morgan fingerprint density at radius 2 is 1.87 bits per heavy atom. The van der Waals surface area contributed by atoms with Crippen molar-refractivity contribution in [1.29, 1.82) is 0 Å². The fraction of sp³-hybridized carbons (Fsp3) is 0.0588. The highest BCUT2D eigenvalue weighted by Crippen LogP contribution is 2.22. The first-order chi connectivity index (χ1) is 11.0. The molecule has 0 saturated heterocycles. The highest BCUT2D eigenvalue weighted by Gasteiger charge is 2.12. The van der Waals surface area contributed by atoms with Gasteiger partial charge in [-0.2, -0.15) is 0 Å². The number of hydrogen-bond donors (Lipinski definition) is 2. The number of rotatable bonds is 4. The average Bonchev–Trinajstić information content (AvgIpc) is 2.54. The third-order valence-electron chi connectivity index (χ3n) is 2.97. The van der Waals surface area contributed by atoms with E-state index in [1.54, 1.807) is 30.3 Å². The summed E-state index contributed by atoms with van der Waals surface area (Å²) in [5.74, 6) is -1.29. The van der Waals surface area contributed by atoms with E-state index in [2.05, 4.69) is 10.1 Å². The first-order valence-electron chi connectivity index (χ1n) is 6.65. The van der Waals surface area contributed by atoms with Crippen molar-refractivity contribution in [2.75, 3.05) is 12.4 Å². The lowest BCUT2D eigenvalue weighted by molar-refractivity contribution is -0.111. The van der Waals surface area contributed by atoms with Crippen LogP contribution in [-0.2, 0) is 9.53 Å². The zero-order chi connectivity index (χ0) is 16.8. The van der Waals surface area contributed by atoms with Crippen LogP contribution >= 0.6 is 11.6 Å². The number of halogens is 1. The molecule has 0 spiro atoms. The Kier molecular flexibility index (Phi) is 5.38. The molecule has 6 heteroatoms. The number of methoxy groups -OCH3 is 1. The van der Waals surface area contributed by atoms with E-state index in [9.17, 15) is 14.7 Å². The number of anilines is 1. The van der Waals surface area contributed by atoms with Crippen molar-refractivity contribution in [2.45, 2.75) is 0 Å². The van der Waals surface area contributed by atoms with E-state index in [1.165, 1.54) is 31.4 Å². The summed E-state index contributed by atoms with van der Waals surface area (Å²) in [7, 11) is 1.22. The average molecular weight is 332 g/mol. The quantitative estimate of drug-likeness (QED) is 0.664. The molecule has 5 nitrogen and oxygen atoms in total. The number of nitrogens with one attached hydrogen (secondary N) is 1. The summed E-state index contributed by atoms with van der Waals surface area (Å²) in [6.07, 6.45) is 2.99. The number of aromatic hydroxyl groups is 1. The largest absolute Gasteiger partial charge is 0.507 e. The van der Waals surface area contributed by atoms with Gasteiger partial charge in [0.15, 0.2) is 0 Å². The number of carbonyl (C=O) groups is 2. The molecule has 0 fully saturated rings. The lowest BCUT2D eigenvalue weighted by atomic mass is 10.2. The van der Waals surface area contributed by atoms with Gasteiger partial charge in [-0.1, -0.05) is 23.7 Å². The molecule has 0 bridgehead atoms. The first kappa shape index (κ1) is 16.6. The number of ether oxygens (including phenoxy) is 1. The zero-order valence-electron chi connectivity index (χ0n) is 12.2. The molecule has 2 aromatic carbocycles. The molecular formula is C17H14ClNO4. The molecule has 2 aromatic rings. The molecule has 2 N–H and O–H groups in total. The standard InChI is InChI=1S/C17H14ClNO4/c1-23-17(22)14-8-7-13(10-15(14)20)19-16(21)9-4-11-2-5-12(18)6-3-11/h2-10,20H,1H3,(H,19,21)/b9-4+. The van der Waals surface area contributed by atoms with E-state index in [1.807, 2.05) is 0 Å². The van der Waals surface area contributed by atoms with Crippen LogP contribution in [0, 0.1) is 0 Å². The Hall–Kier alpha value is -2.79. The van der Waals surface area contributed by atoms with E-state index in [0.717, 1.165) is 5.56 Å². The minimum atomic E-state index is -0.650. The summed E-state index contributed by atoms with van der Waals surface area (Å²) in [6.45, 7) is 0. The number of esters is 1. The van der Waals surface area contributed by atoms with Crippen molar-refractivity contribution < 1.29 is 19.4 Å². The fourth-order valence-electron chi connectivity index (χ4n) is 1.82. The Morgan fingerprint density at radius 1 is 1.17 bits per heavy atom. The molecule has 118 valence electrons. The molecule has 0 radical (unpaired) electrons. The topological polar surface area (TPSA) is 75.6 Å². The summed E-state index contributed by atoms with van der Waals surface area (Å²) in [6, 6.07) is 11.2. The van der Waals surface area contributed by atoms with Crippen LogP contribution < -0.4 is 5.32 Å². The van der Waals surface area contributed by atoms with E-state index in [0.29, 0.717) is 10.7 Å². The minimum Gasteiger partial charge on any atom is -0.507 e. The molecule has 0 aliphatic heterocycles. The van der Waals surface area contributed by atoms with Gasteiger partial charge in [0.25, 0.3) is 0 Å². The van der Waals surface area contributed by atoms with Crippen molar-refractivity contribution in [1.82, 2.24) is 0 Å². The number of carbonyl (C=O) groups excluding carboxylic acids is 2. The van der Waals surface area contributed by atoms with Crippen LogP contribution in [0.5, 0.6) is 5.75 Å². The molecule has 0 unspecified atom stereocenters. The van der Waals surface area contributed by atoms with E-state index in [-0.39, 0.29) is 17.2 Å². The van der Waals surface area contributed by atoms with Gasteiger partial charge >= 0.3 is 5.97 Å². The van der Waals surface area contributed by atoms with Crippen molar-refractivity contribution in [3.63, 3.8) is 0 Å². The van der Waals surface area contributed by atoms with Gasteiger partial charge in [0.2, 0.25) is 5.91 Å². The second kappa shape index (κ2) is 7.47. The number of hydrogen-bond acceptors (Lipinski definition) is 4. The molecular weight excluding hydrogens is 318 g/mol. The van der Waals surface area contributed by atoms with Crippen LogP contribution in [0.1, 0.15) is 15.9 Å². The summed E-state index contributed by atoms with van der Waals surface area (Å²) in [4.78, 5) is 23.2. The van der Waals surface area contributed by atoms with Gasteiger partial charge in [-0.3, -0.25) is 4.79 Å². The number of phenols is 1. The molecule has 0 aliphatic rings. The second-order valence-corrected chi connectivity index (χ2v) is 5.03. The molecule has 2 rings (SSSR count). The summed E-state index contributed by atoms with van der Waals surface area (Å²) in [5.41, 5.74) is 1.22. The minimum absolute atomic E-state index is 0.0298. The highest BCUT2D eigenvalue weighted by molar-refractivity contribution is 6.30. The van der Waals surface area contributed by atoms with Crippen molar-refractivity contribution >= 4 is 35.2 Å². The third-order valence-corrected chi connectivity index (χ3v) is 3.22. The maximum Gasteiger partial charge on any atom is 0.341 e. The second-order valence-electron chi connectivity index (χ2n) is 4.60. The highest BCUT2D eigenvalue weighted by atomic mass is 35.5. The Morgan fingerprint density at radius 3 is 2.48 bits per heavy atom. The van der Waals surface area contributed by atoms with Gasteiger partial charge in [-0.05, 0) is 35.9 Å². The van der Waals surface area contributed by atoms with Gasteiger partial charge in [0, 0.05) is 22.9 Å². The first-order valence-corrected chi connectivity index (χ1v) is 7.03. The number of benzene rings is 2. The lowest BCUT2D eigenvalue weighted by Crippen LogP contribution is -2.08. The van der Waals surface area contributed by atoms with Crippen LogP contribution in [0.2, 0.25) is 5.02 Å². The smallest absolute Gasteiger partial charge is 0.341 e. The van der Waals surface area contributed by atoms with Gasteiger partial charge in [0.1, 0.15) is 11.3 Å². The summed E-state index contributed by atoms with van der Waals surface area (Å²) < 4.78 is 4.53. The van der Waals surface area contributed by atoms with Gasteiger partial charge in [-0.15, -0.1) is 0 Å². The monoisotopic (exact) mass is 331 g/mol. The zero-order valence-corrected chi connectivity index (χ0v) is 13.0. The van der Waals surface area contributed by atoms with Crippen LogP contribution in [0.15, 0.2) is 48.5 Å². The van der Waals surface area contributed by atoms with Crippen LogP contribution in [0.25, 0.3) is 6.08 Å². The third kappa shape index (κ3) is 4.59. The summed E-state index contributed by atoms with van der Waals surface area (Å²) in [5, 5.41) is 13.0.